The number of ether oxygens (including phenoxy) is 1. The van der Waals surface area contributed by atoms with Crippen LogP contribution in [0.15, 0.2) is 36.4 Å². The van der Waals surface area contributed by atoms with Gasteiger partial charge in [-0.3, -0.25) is 4.79 Å². The van der Waals surface area contributed by atoms with Crippen molar-refractivity contribution in [3.05, 3.63) is 46.8 Å². The lowest BCUT2D eigenvalue weighted by molar-refractivity contribution is -0.141. The number of benzene rings is 1. The Morgan fingerprint density at radius 3 is 2.55 bits per heavy atom. The third-order valence-electron chi connectivity index (χ3n) is 5.59. The summed E-state index contributed by atoms with van der Waals surface area (Å²) in [4.78, 5) is 35.0. The number of thiazole rings is 1. The van der Waals surface area contributed by atoms with Gasteiger partial charge in [-0.1, -0.05) is 41.7 Å². The van der Waals surface area contributed by atoms with Gasteiger partial charge in [0.25, 0.3) is 5.91 Å². The minimum absolute atomic E-state index is 0.113. The van der Waals surface area contributed by atoms with Crippen LogP contribution in [-0.4, -0.2) is 55.0 Å². The van der Waals surface area contributed by atoms with Crippen molar-refractivity contribution in [2.24, 2.45) is 5.92 Å². The summed E-state index contributed by atoms with van der Waals surface area (Å²) in [5, 5.41) is 0.903. The molecule has 31 heavy (non-hydrogen) atoms. The highest BCUT2D eigenvalue weighted by atomic mass is 32.1. The number of rotatable bonds is 6. The van der Waals surface area contributed by atoms with Crippen LogP contribution in [0.5, 0.6) is 0 Å². The number of nitrogens with zero attached hydrogens (tertiary/aromatic N) is 3. The molecular weight excluding hydrogens is 430 g/mol. The molecule has 0 N–H and O–H groups in total. The highest BCUT2D eigenvalue weighted by Crippen LogP contribution is 2.34. The van der Waals surface area contributed by atoms with E-state index in [1.807, 2.05) is 30.0 Å². The molecule has 1 saturated heterocycles. The molecule has 1 atom stereocenters. The van der Waals surface area contributed by atoms with Gasteiger partial charge in [0.2, 0.25) is 0 Å². The predicted octanol–water partition coefficient (Wildman–Crippen LogP) is 4.45. The van der Waals surface area contributed by atoms with Crippen LogP contribution in [0.1, 0.15) is 35.0 Å². The summed E-state index contributed by atoms with van der Waals surface area (Å²) in [5.74, 6) is 0.0160. The Bertz CT molecular complexity index is 1020. The van der Waals surface area contributed by atoms with Crippen molar-refractivity contribution in [3.63, 3.8) is 0 Å². The van der Waals surface area contributed by atoms with Gasteiger partial charge in [0.15, 0.2) is 11.2 Å². The van der Waals surface area contributed by atoms with Gasteiger partial charge in [-0.15, -0.1) is 11.3 Å². The van der Waals surface area contributed by atoms with Crippen LogP contribution in [0.25, 0.3) is 9.53 Å². The van der Waals surface area contributed by atoms with Gasteiger partial charge in [-0.2, -0.15) is 0 Å². The molecule has 1 aliphatic rings. The molecule has 6 nitrogen and oxygen atoms in total. The number of hydrogen-bond acceptors (Lipinski definition) is 7. The zero-order valence-corrected chi connectivity index (χ0v) is 19.7. The maximum Gasteiger partial charge on any atom is 0.349 e. The number of piperidine rings is 1. The first-order valence-corrected chi connectivity index (χ1v) is 12.2. The summed E-state index contributed by atoms with van der Waals surface area (Å²) in [5.41, 5.74) is 1.35. The van der Waals surface area contributed by atoms with E-state index >= 15 is 0 Å². The minimum Gasteiger partial charge on any atom is -0.448 e. The lowest BCUT2D eigenvalue weighted by atomic mass is 9.90. The average Bonchev–Trinajstić information content (AvgIpc) is 3.34. The van der Waals surface area contributed by atoms with Crippen molar-refractivity contribution in [3.8, 4) is 0 Å². The van der Waals surface area contributed by atoms with Crippen LogP contribution in [0.2, 0.25) is 0 Å². The van der Waals surface area contributed by atoms with E-state index in [9.17, 15) is 9.59 Å². The zero-order chi connectivity index (χ0) is 22.0. The molecule has 8 heteroatoms. The van der Waals surface area contributed by atoms with Crippen molar-refractivity contribution in [2.75, 3.05) is 32.1 Å². The molecule has 2 aromatic heterocycles. The van der Waals surface area contributed by atoms with Crippen molar-refractivity contribution < 1.29 is 14.3 Å². The minimum atomic E-state index is -0.788. The standard InChI is InChI=1S/C23H27N3O3S2/c1-15(29-22(28)19-14-18-20(30-19)24-23(31-18)25(2)3)21(27)26-11-9-17(10-12-26)13-16-7-5-4-6-8-16/h4-8,14-15,17H,9-13H2,1-3H3. The summed E-state index contributed by atoms with van der Waals surface area (Å²) in [6, 6.07) is 12.3. The fraction of sp³-hybridized carbons (Fsp3) is 0.435. The average molecular weight is 458 g/mol. The molecule has 0 spiro atoms. The molecule has 1 aromatic carbocycles. The topological polar surface area (TPSA) is 62.7 Å². The van der Waals surface area contributed by atoms with Crippen molar-refractivity contribution in [1.82, 2.24) is 9.88 Å². The van der Waals surface area contributed by atoms with E-state index in [0.717, 1.165) is 33.9 Å². The van der Waals surface area contributed by atoms with Crippen LogP contribution in [0, 0.1) is 5.92 Å². The molecular formula is C23H27N3O3S2. The fourth-order valence-corrected chi connectivity index (χ4v) is 5.86. The summed E-state index contributed by atoms with van der Waals surface area (Å²) >= 11 is 2.84. The molecule has 4 rings (SSSR count). The third-order valence-corrected chi connectivity index (χ3v) is 7.90. The number of esters is 1. The number of carbonyl (C=O) groups is 2. The molecule has 0 aliphatic carbocycles. The second-order valence-electron chi connectivity index (χ2n) is 8.18. The quantitative estimate of drug-likeness (QED) is 0.512. The Balaban J connectivity index is 1.29. The van der Waals surface area contributed by atoms with E-state index < -0.39 is 12.1 Å². The normalized spacial score (nSPS) is 15.8. The van der Waals surface area contributed by atoms with E-state index in [1.165, 1.54) is 28.2 Å². The second-order valence-corrected chi connectivity index (χ2v) is 10.2. The van der Waals surface area contributed by atoms with Crippen LogP contribution in [-0.2, 0) is 16.0 Å². The maximum absolute atomic E-state index is 12.8. The van der Waals surface area contributed by atoms with Gasteiger partial charge in [0.1, 0.15) is 9.71 Å². The second kappa shape index (κ2) is 9.36. The maximum atomic E-state index is 12.8. The Kier molecular flexibility index (Phi) is 6.57. The van der Waals surface area contributed by atoms with Gasteiger partial charge in [-0.05, 0) is 43.7 Å². The number of aromatic nitrogens is 1. The molecule has 1 amide bonds. The van der Waals surface area contributed by atoms with E-state index in [4.69, 9.17) is 4.74 Å². The Labute approximate surface area is 190 Å². The van der Waals surface area contributed by atoms with Gasteiger partial charge in [-0.25, -0.2) is 9.78 Å². The number of likely N-dealkylation sites (tertiary alicyclic amines) is 1. The van der Waals surface area contributed by atoms with Crippen molar-refractivity contribution in [1.29, 1.82) is 0 Å². The van der Waals surface area contributed by atoms with E-state index in [-0.39, 0.29) is 5.91 Å². The molecule has 164 valence electrons. The molecule has 1 fully saturated rings. The highest BCUT2D eigenvalue weighted by molar-refractivity contribution is 7.29. The largest absolute Gasteiger partial charge is 0.448 e. The first-order chi connectivity index (χ1) is 14.9. The Hall–Kier alpha value is -2.45. The molecule has 3 aromatic rings. The first-order valence-electron chi connectivity index (χ1n) is 10.5. The third kappa shape index (κ3) is 5.07. The summed E-state index contributed by atoms with van der Waals surface area (Å²) in [6.07, 6.45) is 2.21. The van der Waals surface area contributed by atoms with Gasteiger partial charge >= 0.3 is 5.97 Å². The Morgan fingerprint density at radius 1 is 1.19 bits per heavy atom. The molecule has 1 unspecified atom stereocenters. The first kappa shape index (κ1) is 21.8. The zero-order valence-electron chi connectivity index (χ0n) is 18.0. The van der Waals surface area contributed by atoms with Gasteiger partial charge in [0.05, 0.1) is 4.70 Å². The van der Waals surface area contributed by atoms with Gasteiger partial charge in [0, 0.05) is 27.2 Å². The smallest absolute Gasteiger partial charge is 0.349 e. The molecule has 0 radical (unpaired) electrons. The van der Waals surface area contributed by atoms with E-state index in [1.54, 1.807) is 13.0 Å². The number of anilines is 1. The molecule has 1 aliphatic heterocycles. The number of hydrogen-bond donors (Lipinski definition) is 0. The molecule has 3 heterocycles. The van der Waals surface area contributed by atoms with Crippen LogP contribution in [0.4, 0.5) is 5.13 Å². The number of thiophene rings is 1. The van der Waals surface area contributed by atoms with Crippen LogP contribution >= 0.6 is 22.7 Å². The lowest BCUT2D eigenvalue weighted by Gasteiger charge is -2.33. The van der Waals surface area contributed by atoms with Crippen molar-refractivity contribution in [2.45, 2.75) is 32.3 Å². The number of fused-ring (bicyclic) bond motifs is 1. The number of amides is 1. The Morgan fingerprint density at radius 2 is 1.90 bits per heavy atom. The fourth-order valence-electron chi connectivity index (χ4n) is 3.85. The van der Waals surface area contributed by atoms with Gasteiger partial charge < -0.3 is 14.5 Å². The monoisotopic (exact) mass is 457 g/mol. The predicted molar refractivity (Wildman–Crippen MR) is 126 cm³/mol. The number of carbonyl (C=O) groups excluding carboxylic acids is 2. The lowest BCUT2D eigenvalue weighted by Crippen LogP contribution is -2.44. The van der Waals surface area contributed by atoms with Crippen LogP contribution in [0.3, 0.4) is 0 Å². The van der Waals surface area contributed by atoms with E-state index in [2.05, 4.69) is 29.2 Å². The molecule has 0 bridgehead atoms. The SMILES string of the molecule is CC(OC(=O)c1cc2sc(N(C)C)nc2s1)C(=O)N1CCC(Cc2ccccc2)CC1. The van der Waals surface area contributed by atoms with Crippen molar-refractivity contribution >= 4 is 49.2 Å². The van der Waals surface area contributed by atoms with E-state index in [0.29, 0.717) is 23.9 Å². The van der Waals surface area contributed by atoms with Crippen LogP contribution < -0.4 is 4.90 Å². The summed E-state index contributed by atoms with van der Waals surface area (Å²) < 4.78 is 6.46. The molecule has 0 saturated carbocycles. The summed E-state index contributed by atoms with van der Waals surface area (Å²) in [6.45, 7) is 3.09. The highest BCUT2D eigenvalue weighted by Gasteiger charge is 2.29. The summed E-state index contributed by atoms with van der Waals surface area (Å²) in [7, 11) is 3.88.